The van der Waals surface area contributed by atoms with Gasteiger partial charge in [0.2, 0.25) is 5.89 Å². The van der Waals surface area contributed by atoms with E-state index >= 15 is 0 Å². The molecule has 0 aliphatic heterocycles. The van der Waals surface area contributed by atoms with Crippen molar-refractivity contribution in [3.63, 3.8) is 0 Å². The molecule has 3 heterocycles. The van der Waals surface area contributed by atoms with Crippen LogP contribution in [0.2, 0.25) is 0 Å². The van der Waals surface area contributed by atoms with Gasteiger partial charge in [-0.25, -0.2) is 0 Å². The van der Waals surface area contributed by atoms with Crippen LogP contribution in [-0.4, -0.2) is 20.3 Å². The van der Waals surface area contributed by atoms with Crippen molar-refractivity contribution in [1.82, 2.24) is 20.3 Å². The molecule has 26 heavy (non-hydrogen) atoms. The van der Waals surface area contributed by atoms with E-state index in [0.29, 0.717) is 22.6 Å². The highest BCUT2D eigenvalue weighted by atomic mass is 19.3. The molecule has 4 aromatic rings. The number of pyridine rings is 1. The fourth-order valence-electron chi connectivity index (χ4n) is 2.37. The first-order valence-corrected chi connectivity index (χ1v) is 7.66. The van der Waals surface area contributed by atoms with Gasteiger partial charge in [0.05, 0.1) is 17.0 Å². The fourth-order valence-corrected chi connectivity index (χ4v) is 2.37. The quantitative estimate of drug-likeness (QED) is 0.531. The van der Waals surface area contributed by atoms with Crippen molar-refractivity contribution in [1.29, 1.82) is 0 Å². The van der Waals surface area contributed by atoms with Gasteiger partial charge in [0.25, 0.3) is 5.89 Å². The van der Waals surface area contributed by atoms with Crippen LogP contribution in [0, 0.1) is 6.92 Å². The number of benzene rings is 1. The van der Waals surface area contributed by atoms with Crippen LogP contribution in [0.3, 0.4) is 0 Å². The highest BCUT2D eigenvalue weighted by molar-refractivity contribution is 5.80. The van der Waals surface area contributed by atoms with Crippen LogP contribution in [-0.2, 0) is 6.61 Å². The van der Waals surface area contributed by atoms with Crippen LogP contribution in [0.25, 0.3) is 22.4 Å². The molecule has 0 unspecified atom stereocenters. The number of aromatic nitrogens is 4. The van der Waals surface area contributed by atoms with Crippen molar-refractivity contribution in [2.75, 3.05) is 0 Å². The number of nitrogens with zero attached hydrogens (tertiary/aromatic N) is 4. The van der Waals surface area contributed by atoms with Gasteiger partial charge >= 0.3 is 6.43 Å². The summed E-state index contributed by atoms with van der Waals surface area (Å²) in [5, 5.41) is 11.7. The topological polar surface area (TPSA) is 87.1 Å². The van der Waals surface area contributed by atoms with Gasteiger partial charge in [-0.15, -0.1) is 10.2 Å². The molecule has 3 aromatic heterocycles. The number of fused-ring (bicyclic) bond motifs is 1. The van der Waals surface area contributed by atoms with E-state index in [1.807, 2.05) is 19.1 Å². The molecule has 0 aliphatic rings. The minimum atomic E-state index is -2.80. The van der Waals surface area contributed by atoms with Crippen molar-refractivity contribution < 1.29 is 22.5 Å². The van der Waals surface area contributed by atoms with E-state index in [4.69, 9.17) is 13.7 Å². The monoisotopic (exact) mass is 358 g/mol. The van der Waals surface area contributed by atoms with Crippen LogP contribution < -0.4 is 4.74 Å². The predicted molar refractivity (Wildman–Crippen MR) is 85.6 cm³/mol. The zero-order valence-electron chi connectivity index (χ0n) is 13.5. The summed E-state index contributed by atoms with van der Waals surface area (Å²) in [5.41, 5.74) is 2.57. The van der Waals surface area contributed by atoms with E-state index in [1.165, 1.54) is 6.20 Å². The van der Waals surface area contributed by atoms with Crippen LogP contribution in [0.5, 0.6) is 5.75 Å². The summed E-state index contributed by atoms with van der Waals surface area (Å²) in [5.74, 6) is -0.102. The Balaban J connectivity index is 1.44. The lowest BCUT2D eigenvalue weighted by Crippen LogP contribution is -1.98. The lowest BCUT2D eigenvalue weighted by molar-refractivity contribution is 0.116. The second-order valence-electron chi connectivity index (χ2n) is 5.50. The first-order chi connectivity index (χ1) is 12.6. The summed E-state index contributed by atoms with van der Waals surface area (Å²) in [6, 6.07) is 8.80. The lowest BCUT2D eigenvalue weighted by atomic mass is 10.2. The molecule has 4 rings (SSSR count). The highest BCUT2D eigenvalue weighted by Gasteiger charge is 2.17. The molecule has 0 N–H and O–H groups in total. The van der Waals surface area contributed by atoms with Gasteiger partial charge in [0.15, 0.2) is 5.58 Å². The Morgan fingerprint density at radius 3 is 2.77 bits per heavy atom. The van der Waals surface area contributed by atoms with Gasteiger partial charge in [0.1, 0.15) is 12.4 Å². The van der Waals surface area contributed by atoms with E-state index in [-0.39, 0.29) is 12.5 Å². The SMILES string of the molecule is Cc1noc2cc(OCc3ccc(-c4nnc(C(F)F)o4)cn3)ccc12. The number of alkyl halides is 2. The summed E-state index contributed by atoms with van der Waals surface area (Å²) >= 11 is 0. The minimum absolute atomic E-state index is 0.00795. The number of halogens is 2. The molecule has 0 radical (unpaired) electrons. The predicted octanol–water partition coefficient (Wildman–Crippen LogP) is 4.10. The number of hydrogen-bond donors (Lipinski definition) is 0. The normalized spacial score (nSPS) is 11.4. The molecule has 0 fully saturated rings. The van der Waals surface area contributed by atoms with Crippen LogP contribution in [0.4, 0.5) is 8.78 Å². The van der Waals surface area contributed by atoms with Gasteiger partial charge in [0, 0.05) is 17.6 Å². The number of rotatable bonds is 5. The van der Waals surface area contributed by atoms with Crippen molar-refractivity contribution in [2.24, 2.45) is 0 Å². The molecule has 0 spiro atoms. The largest absolute Gasteiger partial charge is 0.487 e. The molecule has 0 saturated carbocycles. The van der Waals surface area contributed by atoms with Crippen LogP contribution in [0.1, 0.15) is 23.7 Å². The number of aryl methyl sites for hydroxylation is 1. The summed E-state index contributed by atoms with van der Waals surface area (Å²) in [7, 11) is 0. The second-order valence-corrected chi connectivity index (χ2v) is 5.50. The van der Waals surface area contributed by atoms with Crippen LogP contribution >= 0.6 is 0 Å². The molecule has 7 nitrogen and oxygen atoms in total. The highest BCUT2D eigenvalue weighted by Crippen LogP contribution is 2.25. The van der Waals surface area contributed by atoms with Gasteiger partial charge in [-0.05, 0) is 31.2 Å². The smallest absolute Gasteiger partial charge is 0.314 e. The van der Waals surface area contributed by atoms with E-state index in [1.54, 1.807) is 18.2 Å². The second kappa shape index (κ2) is 6.51. The molecule has 0 bridgehead atoms. The Morgan fingerprint density at radius 1 is 1.15 bits per heavy atom. The Bertz CT molecular complexity index is 1040. The maximum atomic E-state index is 12.5. The maximum Gasteiger partial charge on any atom is 0.314 e. The molecular formula is C17H12F2N4O3. The van der Waals surface area contributed by atoms with Crippen molar-refractivity contribution >= 4 is 11.0 Å². The summed E-state index contributed by atoms with van der Waals surface area (Å²) in [6.45, 7) is 2.09. The third-order valence-electron chi connectivity index (χ3n) is 3.71. The maximum absolute atomic E-state index is 12.5. The Morgan fingerprint density at radius 2 is 2.04 bits per heavy atom. The molecule has 1 aromatic carbocycles. The van der Waals surface area contributed by atoms with Gasteiger partial charge in [-0.2, -0.15) is 8.78 Å². The molecule has 0 saturated heterocycles. The Hall–Kier alpha value is -3.36. The molecular weight excluding hydrogens is 346 g/mol. The average Bonchev–Trinajstić information content (AvgIpc) is 3.28. The van der Waals surface area contributed by atoms with E-state index in [9.17, 15) is 8.78 Å². The summed E-state index contributed by atoms with van der Waals surface area (Å²) in [4.78, 5) is 4.21. The van der Waals surface area contributed by atoms with E-state index in [0.717, 1.165) is 11.1 Å². The number of hydrogen-bond acceptors (Lipinski definition) is 7. The molecule has 132 valence electrons. The number of ether oxygens (including phenoxy) is 1. The first kappa shape index (κ1) is 16.1. The zero-order chi connectivity index (χ0) is 18.1. The third kappa shape index (κ3) is 3.10. The Kier molecular flexibility index (Phi) is 4.04. The molecule has 0 atom stereocenters. The average molecular weight is 358 g/mol. The molecule has 0 aliphatic carbocycles. The summed E-state index contributed by atoms with van der Waals surface area (Å²) < 4.78 is 40.7. The zero-order valence-corrected chi connectivity index (χ0v) is 13.5. The third-order valence-corrected chi connectivity index (χ3v) is 3.71. The summed E-state index contributed by atoms with van der Waals surface area (Å²) in [6.07, 6.45) is -1.34. The van der Waals surface area contributed by atoms with Crippen molar-refractivity contribution in [3.05, 3.63) is 53.8 Å². The Labute approximate surface area is 145 Å². The van der Waals surface area contributed by atoms with Gasteiger partial charge in [-0.3, -0.25) is 4.98 Å². The van der Waals surface area contributed by atoms with Gasteiger partial charge in [-0.1, -0.05) is 5.16 Å². The van der Waals surface area contributed by atoms with Crippen molar-refractivity contribution in [2.45, 2.75) is 20.0 Å². The van der Waals surface area contributed by atoms with E-state index in [2.05, 4.69) is 20.3 Å². The first-order valence-electron chi connectivity index (χ1n) is 7.66. The molecule has 0 amide bonds. The van der Waals surface area contributed by atoms with E-state index < -0.39 is 12.3 Å². The van der Waals surface area contributed by atoms with Crippen molar-refractivity contribution in [3.8, 4) is 17.2 Å². The molecule has 9 heteroatoms. The minimum Gasteiger partial charge on any atom is -0.487 e. The standard InChI is InChI=1S/C17H12F2N4O3/c1-9-13-5-4-12(6-14(13)26-23-9)24-8-11-3-2-10(7-20-11)16-21-22-17(25-16)15(18)19/h2-7,15H,8H2,1H3. The fraction of sp³-hybridized carbons (Fsp3) is 0.176. The lowest BCUT2D eigenvalue weighted by Gasteiger charge is -2.05. The van der Waals surface area contributed by atoms with Gasteiger partial charge < -0.3 is 13.7 Å². The van der Waals surface area contributed by atoms with Crippen LogP contribution in [0.15, 0.2) is 45.5 Å².